The molecule has 1 aliphatic rings. The molecule has 2 heterocycles. The van der Waals surface area contributed by atoms with E-state index in [1.54, 1.807) is 29.6 Å². The van der Waals surface area contributed by atoms with Crippen LogP contribution in [0.25, 0.3) is 0 Å². The van der Waals surface area contributed by atoms with Crippen LogP contribution < -0.4 is 4.31 Å². The predicted octanol–water partition coefficient (Wildman–Crippen LogP) is 2.62. The molecule has 2 aromatic carbocycles. The Hall–Kier alpha value is -2.80. The zero-order chi connectivity index (χ0) is 24.3. The van der Waals surface area contributed by atoms with Gasteiger partial charge in [0.1, 0.15) is 16.6 Å². The second kappa shape index (κ2) is 9.82. The van der Waals surface area contributed by atoms with E-state index in [1.807, 2.05) is 0 Å². The fourth-order valence-electron chi connectivity index (χ4n) is 3.61. The lowest BCUT2D eigenvalue weighted by Gasteiger charge is -2.35. The van der Waals surface area contributed by atoms with E-state index in [-0.39, 0.29) is 41.0 Å². The van der Waals surface area contributed by atoms with E-state index in [0.29, 0.717) is 0 Å². The fourth-order valence-corrected chi connectivity index (χ4v) is 7.58. The number of thiophene rings is 1. The number of rotatable bonds is 7. The molecule has 1 aliphatic heterocycles. The number of hydrogen-bond donors (Lipinski definition) is 0. The summed E-state index contributed by atoms with van der Waals surface area (Å²) in [5.74, 6) is -1.31. The molecule has 0 spiro atoms. The summed E-state index contributed by atoms with van der Waals surface area (Å²) in [6, 6.07) is 16.3. The molecule has 0 atom stereocenters. The monoisotopic (exact) mass is 523 g/mol. The highest BCUT2D eigenvalue weighted by molar-refractivity contribution is 7.94. The third-order valence-electron chi connectivity index (χ3n) is 5.41. The van der Waals surface area contributed by atoms with Gasteiger partial charge >= 0.3 is 0 Å². The molecule has 34 heavy (non-hydrogen) atoms. The van der Waals surface area contributed by atoms with Crippen molar-refractivity contribution < 1.29 is 26.0 Å². The average molecular weight is 524 g/mol. The van der Waals surface area contributed by atoms with Gasteiger partial charge in [-0.3, -0.25) is 9.10 Å². The summed E-state index contributed by atoms with van der Waals surface area (Å²) in [4.78, 5) is 14.6. The number of piperazine rings is 1. The highest BCUT2D eigenvalue weighted by Crippen LogP contribution is 2.28. The highest BCUT2D eigenvalue weighted by Gasteiger charge is 2.34. The normalized spacial score (nSPS) is 15.3. The summed E-state index contributed by atoms with van der Waals surface area (Å²) in [6.07, 6.45) is 0. The Morgan fingerprint density at radius 3 is 2.15 bits per heavy atom. The molecule has 0 aliphatic carbocycles. The van der Waals surface area contributed by atoms with Crippen LogP contribution in [0.1, 0.15) is 0 Å². The average Bonchev–Trinajstić information content (AvgIpc) is 3.40. The minimum Gasteiger partial charge on any atom is -0.338 e. The second-order valence-electron chi connectivity index (χ2n) is 7.49. The number of sulfonamides is 2. The van der Waals surface area contributed by atoms with Crippen molar-refractivity contribution in [1.82, 2.24) is 9.21 Å². The molecule has 0 bridgehead atoms. The Morgan fingerprint density at radius 2 is 1.53 bits per heavy atom. The van der Waals surface area contributed by atoms with E-state index in [4.69, 9.17) is 0 Å². The maximum absolute atomic E-state index is 14.5. The van der Waals surface area contributed by atoms with E-state index in [9.17, 15) is 26.0 Å². The third kappa shape index (κ3) is 4.85. The van der Waals surface area contributed by atoms with Crippen LogP contribution in [0, 0.1) is 5.82 Å². The first-order chi connectivity index (χ1) is 16.2. The van der Waals surface area contributed by atoms with Gasteiger partial charge < -0.3 is 4.90 Å². The predicted molar refractivity (Wildman–Crippen MR) is 127 cm³/mol. The van der Waals surface area contributed by atoms with Crippen LogP contribution in [0.2, 0.25) is 0 Å². The topological polar surface area (TPSA) is 95.1 Å². The molecule has 0 N–H and O–H groups in total. The van der Waals surface area contributed by atoms with Gasteiger partial charge in [0.2, 0.25) is 15.9 Å². The van der Waals surface area contributed by atoms with Gasteiger partial charge in [0.05, 0.1) is 10.6 Å². The van der Waals surface area contributed by atoms with Gasteiger partial charge in [0.15, 0.2) is 0 Å². The Balaban J connectivity index is 1.52. The minimum absolute atomic E-state index is 0.0117. The first-order valence-corrected chi connectivity index (χ1v) is 14.1. The first-order valence-electron chi connectivity index (χ1n) is 10.3. The molecule has 1 saturated heterocycles. The van der Waals surface area contributed by atoms with Crippen LogP contribution in [0.15, 0.2) is 81.2 Å². The number of carbonyl (C=O) groups excluding carboxylic acids is 1. The van der Waals surface area contributed by atoms with Crippen molar-refractivity contribution in [3.8, 4) is 0 Å². The van der Waals surface area contributed by atoms with E-state index in [0.717, 1.165) is 21.7 Å². The van der Waals surface area contributed by atoms with Crippen molar-refractivity contribution in [2.45, 2.75) is 9.10 Å². The fraction of sp³-hybridized carbons (Fsp3) is 0.227. The van der Waals surface area contributed by atoms with Gasteiger partial charge in [-0.2, -0.15) is 4.31 Å². The van der Waals surface area contributed by atoms with Gasteiger partial charge in [-0.15, -0.1) is 11.3 Å². The minimum atomic E-state index is -4.18. The summed E-state index contributed by atoms with van der Waals surface area (Å²) >= 11 is 0.972. The largest absolute Gasteiger partial charge is 0.338 e. The molecule has 4 rings (SSSR count). The lowest BCUT2D eigenvalue weighted by atomic mass is 10.3. The zero-order valence-corrected chi connectivity index (χ0v) is 20.4. The Labute approximate surface area is 201 Å². The zero-order valence-electron chi connectivity index (χ0n) is 17.9. The molecule has 3 aromatic rings. The van der Waals surface area contributed by atoms with Crippen LogP contribution in [-0.2, 0) is 24.8 Å². The number of hydrogen-bond acceptors (Lipinski definition) is 6. The quantitative estimate of drug-likeness (QED) is 0.475. The lowest BCUT2D eigenvalue weighted by Crippen LogP contribution is -2.53. The molecule has 1 aromatic heterocycles. The van der Waals surface area contributed by atoms with E-state index >= 15 is 0 Å². The second-order valence-corrected chi connectivity index (χ2v) is 12.5. The molecule has 8 nitrogen and oxygen atoms in total. The van der Waals surface area contributed by atoms with Gasteiger partial charge in [-0.25, -0.2) is 21.2 Å². The maximum Gasteiger partial charge on any atom is 0.274 e. The number of halogens is 1. The molecule has 180 valence electrons. The van der Waals surface area contributed by atoms with Crippen LogP contribution in [0.4, 0.5) is 10.1 Å². The highest BCUT2D eigenvalue weighted by atomic mass is 32.2. The summed E-state index contributed by atoms with van der Waals surface area (Å²) in [7, 11) is -7.87. The Morgan fingerprint density at radius 1 is 0.882 bits per heavy atom. The molecule has 0 unspecified atom stereocenters. The number of para-hydroxylation sites is 1. The van der Waals surface area contributed by atoms with Crippen molar-refractivity contribution >= 4 is 43.0 Å². The third-order valence-corrected chi connectivity index (χ3v) is 10.5. The smallest absolute Gasteiger partial charge is 0.274 e. The van der Waals surface area contributed by atoms with E-state index in [2.05, 4.69) is 0 Å². The summed E-state index contributed by atoms with van der Waals surface area (Å²) < 4.78 is 68.7. The van der Waals surface area contributed by atoms with Crippen molar-refractivity contribution in [3.05, 3.63) is 77.9 Å². The number of benzene rings is 2. The van der Waals surface area contributed by atoms with Crippen LogP contribution >= 0.6 is 11.3 Å². The van der Waals surface area contributed by atoms with Gasteiger partial charge in [0, 0.05) is 26.2 Å². The molecule has 1 fully saturated rings. The Kier molecular flexibility index (Phi) is 7.03. The Bertz CT molecular complexity index is 1360. The molecule has 0 saturated carbocycles. The number of anilines is 1. The lowest BCUT2D eigenvalue weighted by molar-refractivity contribution is -0.130. The first kappa shape index (κ1) is 24.3. The van der Waals surface area contributed by atoms with Crippen molar-refractivity contribution in [2.24, 2.45) is 0 Å². The number of amides is 1. The van der Waals surface area contributed by atoms with Crippen molar-refractivity contribution in [2.75, 3.05) is 37.0 Å². The molecular weight excluding hydrogens is 501 g/mol. The molecular formula is C22H22FN3O5S3. The molecule has 12 heteroatoms. The van der Waals surface area contributed by atoms with Crippen LogP contribution in [0.3, 0.4) is 0 Å². The molecule has 1 amide bonds. The standard InChI is InChI=1S/C22H22FN3O5S3/c23-19-9-4-5-10-20(19)26(34(30,31)22-11-6-16-32-22)17-21(27)24-12-14-25(15-13-24)33(28,29)18-7-2-1-3-8-18/h1-11,16H,12-15,17H2. The van der Waals surface area contributed by atoms with Crippen LogP contribution in [-0.4, -0.2) is 64.7 Å². The van der Waals surface area contributed by atoms with Gasteiger partial charge in [0.25, 0.3) is 10.0 Å². The van der Waals surface area contributed by atoms with Crippen LogP contribution in [0.5, 0.6) is 0 Å². The van der Waals surface area contributed by atoms with Crippen molar-refractivity contribution in [3.63, 3.8) is 0 Å². The summed E-state index contributed by atoms with van der Waals surface area (Å²) in [5, 5.41) is 1.58. The van der Waals surface area contributed by atoms with E-state index < -0.39 is 38.3 Å². The molecule has 0 radical (unpaired) electrons. The number of nitrogens with zero attached hydrogens (tertiary/aromatic N) is 3. The summed E-state index contributed by atoms with van der Waals surface area (Å²) in [5.41, 5.74) is -0.227. The van der Waals surface area contributed by atoms with Gasteiger partial charge in [-0.05, 0) is 35.7 Å². The maximum atomic E-state index is 14.5. The van der Waals surface area contributed by atoms with E-state index in [1.165, 1.54) is 45.6 Å². The number of carbonyl (C=O) groups is 1. The van der Waals surface area contributed by atoms with Crippen molar-refractivity contribution in [1.29, 1.82) is 0 Å². The van der Waals surface area contributed by atoms with Gasteiger partial charge in [-0.1, -0.05) is 36.4 Å². The summed E-state index contributed by atoms with van der Waals surface area (Å²) in [6.45, 7) is -0.280. The SMILES string of the molecule is O=C(CN(c1ccccc1F)S(=O)(=O)c1cccs1)N1CCN(S(=O)(=O)c2ccccc2)CC1.